The van der Waals surface area contributed by atoms with Gasteiger partial charge in [0.1, 0.15) is 5.82 Å². The van der Waals surface area contributed by atoms with Gasteiger partial charge in [-0.15, -0.1) is 0 Å². The molecule has 3 rings (SSSR count). The maximum atomic E-state index is 4.85. The van der Waals surface area contributed by atoms with Gasteiger partial charge in [-0.05, 0) is 25.2 Å². The summed E-state index contributed by atoms with van der Waals surface area (Å²) in [5.74, 6) is 1.13. The molecule has 5 nitrogen and oxygen atoms in total. The molecule has 2 aromatic heterocycles. The molecule has 0 saturated carbocycles. The third kappa shape index (κ3) is 2.96. The molecular weight excluding hydrogens is 262 g/mol. The first kappa shape index (κ1) is 14.2. The largest absolute Gasteiger partial charge is 0.370 e. The third-order valence-electron chi connectivity index (χ3n) is 3.88. The zero-order valence-corrected chi connectivity index (χ0v) is 13.4. The number of fused-ring (bicyclic) bond motifs is 1. The highest BCUT2D eigenvalue weighted by atomic mass is 15.4. The van der Waals surface area contributed by atoms with Gasteiger partial charge >= 0.3 is 0 Å². The molecule has 1 unspecified atom stereocenters. The summed E-state index contributed by atoms with van der Waals surface area (Å²) in [5, 5.41) is 12.7. The Labute approximate surface area is 126 Å². The SMILES string of the molecule is CCn1cc(C2CCNc3cc(CC(C)(C)C)nn32)cn1. The lowest BCUT2D eigenvalue weighted by Gasteiger charge is -2.24. The molecule has 0 spiro atoms. The van der Waals surface area contributed by atoms with E-state index in [1.807, 2.05) is 10.9 Å². The summed E-state index contributed by atoms with van der Waals surface area (Å²) in [6.07, 6.45) is 6.17. The van der Waals surface area contributed by atoms with Crippen LogP contribution in [0.2, 0.25) is 0 Å². The van der Waals surface area contributed by atoms with Crippen molar-refractivity contribution in [2.75, 3.05) is 11.9 Å². The van der Waals surface area contributed by atoms with E-state index in [4.69, 9.17) is 5.10 Å². The summed E-state index contributed by atoms with van der Waals surface area (Å²) in [4.78, 5) is 0. The summed E-state index contributed by atoms with van der Waals surface area (Å²) in [7, 11) is 0. The average molecular weight is 287 g/mol. The molecule has 3 heterocycles. The molecular formula is C16H25N5. The number of hydrogen-bond acceptors (Lipinski definition) is 3. The number of aromatic nitrogens is 4. The highest BCUT2D eigenvalue weighted by Gasteiger charge is 2.25. The molecule has 2 aromatic rings. The van der Waals surface area contributed by atoms with E-state index < -0.39 is 0 Å². The number of anilines is 1. The Morgan fingerprint density at radius 2 is 2.19 bits per heavy atom. The maximum absolute atomic E-state index is 4.85. The van der Waals surface area contributed by atoms with E-state index in [9.17, 15) is 0 Å². The molecule has 5 heteroatoms. The first-order chi connectivity index (χ1) is 9.96. The molecule has 1 atom stereocenters. The van der Waals surface area contributed by atoms with Crippen LogP contribution in [-0.2, 0) is 13.0 Å². The van der Waals surface area contributed by atoms with Crippen LogP contribution < -0.4 is 5.32 Å². The highest BCUT2D eigenvalue weighted by Crippen LogP contribution is 2.31. The minimum atomic E-state index is 0.257. The van der Waals surface area contributed by atoms with Crippen molar-refractivity contribution >= 4 is 5.82 Å². The van der Waals surface area contributed by atoms with Crippen LogP contribution in [0.5, 0.6) is 0 Å². The molecule has 1 aliphatic rings. The Bertz CT molecular complexity index is 617. The number of aryl methyl sites for hydroxylation is 1. The van der Waals surface area contributed by atoms with Crippen LogP contribution in [0.1, 0.15) is 51.4 Å². The van der Waals surface area contributed by atoms with Crippen molar-refractivity contribution in [3.63, 3.8) is 0 Å². The van der Waals surface area contributed by atoms with Crippen LogP contribution in [0.25, 0.3) is 0 Å². The lowest BCUT2D eigenvalue weighted by Crippen LogP contribution is -2.24. The van der Waals surface area contributed by atoms with Crippen LogP contribution in [-0.4, -0.2) is 26.1 Å². The topological polar surface area (TPSA) is 47.7 Å². The van der Waals surface area contributed by atoms with Crippen molar-refractivity contribution in [1.29, 1.82) is 0 Å². The Hall–Kier alpha value is -1.78. The van der Waals surface area contributed by atoms with Gasteiger partial charge in [0, 0.05) is 30.9 Å². The van der Waals surface area contributed by atoms with Crippen LogP contribution in [0, 0.1) is 5.41 Å². The van der Waals surface area contributed by atoms with Crippen LogP contribution in [0.4, 0.5) is 5.82 Å². The monoisotopic (exact) mass is 287 g/mol. The fourth-order valence-corrected chi connectivity index (χ4v) is 2.94. The van der Waals surface area contributed by atoms with Crippen molar-refractivity contribution in [3.8, 4) is 0 Å². The van der Waals surface area contributed by atoms with Gasteiger partial charge in [0.2, 0.25) is 0 Å². The lowest BCUT2D eigenvalue weighted by molar-refractivity contribution is 0.399. The first-order valence-corrected chi connectivity index (χ1v) is 7.81. The van der Waals surface area contributed by atoms with E-state index >= 15 is 0 Å². The summed E-state index contributed by atoms with van der Waals surface area (Å²) in [5.41, 5.74) is 2.68. The lowest BCUT2D eigenvalue weighted by atomic mass is 9.91. The minimum absolute atomic E-state index is 0.257. The molecule has 0 radical (unpaired) electrons. The van der Waals surface area contributed by atoms with Crippen molar-refractivity contribution in [2.45, 2.75) is 53.1 Å². The van der Waals surface area contributed by atoms with E-state index in [-0.39, 0.29) is 5.41 Å². The maximum Gasteiger partial charge on any atom is 0.125 e. The molecule has 0 saturated heterocycles. The van der Waals surface area contributed by atoms with Crippen molar-refractivity contribution < 1.29 is 0 Å². The van der Waals surface area contributed by atoms with Crippen LogP contribution in [0.15, 0.2) is 18.5 Å². The van der Waals surface area contributed by atoms with Crippen molar-refractivity contribution in [1.82, 2.24) is 19.6 Å². The first-order valence-electron chi connectivity index (χ1n) is 7.81. The van der Waals surface area contributed by atoms with Gasteiger partial charge in [-0.25, -0.2) is 4.68 Å². The Morgan fingerprint density at radius 3 is 2.86 bits per heavy atom. The third-order valence-corrected chi connectivity index (χ3v) is 3.88. The quantitative estimate of drug-likeness (QED) is 0.943. The summed E-state index contributed by atoms with van der Waals surface area (Å²) >= 11 is 0. The van der Waals surface area contributed by atoms with Gasteiger partial charge in [-0.2, -0.15) is 10.2 Å². The number of nitrogens with zero attached hydrogens (tertiary/aromatic N) is 4. The number of hydrogen-bond donors (Lipinski definition) is 1. The summed E-state index contributed by atoms with van der Waals surface area (Å²) in [6.45, 7) is 10.8. The molecule has 1 aliphatic heterocycles. The van der Waals surface area contributed by atoms with Crippen molar-refractivity contribution in [3.05, 3.63) is 29.7 Å². The average Bonchev–Trinajstić information content (AvgIpc) is 3.01. The van der Waals surface area contributed by atoms with E-state index in [0.29, 0.717) is 6.04 Å². The smallest absolute Gasteiger partial charge is 0.125 e. The molecule has 0 amide bonds. The Morgan fingerprint density at radius 1 is 1.38 bits per heavy atom. The Balaban J connectivity index is 1.90. The van der Waals surface area contributed by atoms with Gasteiger partial charge in [-0.1, -0.05) is 20.8 Å². The molecule has 1 N–H and O–H groups in total. The second kappa shape index (κ2) is 5.20. The predicted molar refractivity (Wildman–Crippen MR) is 84.5 cm³/mol. The van der Waals surface area contributed by atoms with Gasteiger partial charge < -0.3 is 5.32 Å². The highest BCUT2D eigenvalue weighted by molar-refractivity contribution is 5.41. The van der Waals surface area contributed by atoms with Gasteiger partial charge in [-0.3, -0.25) is 4.68 Å². The summed E-state index contributed by atoms with van der Waals surface area (Å²) < 4.78 is 4.12. The van der Waals surface area contributed by atoms with Crippen LogP contribution >= 0.6 is 0 Å². The molecule has 0 bridgehead atoms. The second-order valence-corrected chi connectivity index (χ2v) is 7.06. The predicted octanol–water partition coefficient (Wildman–Crippen LogP) is 3.09. The van der Waals surface area contributed by atoms with Gasteiger partial charge in [0.05, 0.1) is 17.9 Å². The van der Waals surface area contributed by atoms with Gasteiger partial charge in [0.15, 0.2) is 0 Å². The number of rotatable bonds is 3. The fourth-order valence-electron chi connectivity index (χ4n) is 2.94. The zero-order chi connectivity index (χ0) is 15.0. The fraction of sp³-hybridized carbons (Fsp3) is 0.625. The molecule has 0 aliphatic carbocycles. The van der Waals surface area contributed by atoms with E-state index in [2.05, 4.69) is 55.1 Å². The standard InChI is InChI=1S/C16H25N5/c1-5-20-11-12(10-18-20)14-6-7-17-15-8-13(19-21(14)15)9-16(2,3)4/h8,10-11,14,17H,5-7,9H2,1-4H3. The Kier molecular flexibility index (Phi) is 3.51. The molecule has 21 heavy (non-hydrogen) atoms. The normalized spacial score (nSPS) is 18.4. The van der Waals surface area contributed by atoms with E-state index in [1.165, 1.54) is 11.3 Å². The van der Waals surface area contributed by atoms with E-state index in [0.717, 1.165) is 31.7 Å². The minimum Gasteiger partial charge on any atom is -0.370 e. The van der Waals surface area contributed by atoms with Crippen LogP contribution in [0.3, 0.4) is 0 Å². The summed E-state index contributed by atoms with van der Waals surface area (Å²) in [6, 6.07) is 2.50. The van der Waals surface area contributed by atoms with E-state index in [1.54, 1.807) is 0 Å². The van der Waals surface area contributed by atoms with Gasteiger partial charge in [0.25, 0.3) is 0 Å². The zero-order valence-electron chi connectivity index (χ0n) is 13.4. The van der Waals surface area contributed by atoms with Crippen molar-refractivity contribution in [2.24, 2.45) is 5.41 Å². The second-order valence-electron chi connectivity index (χ2n) is 7.06. The number of nitrogens with one attached hydrogen (secondary N) is 1. The molecule has 0 aromatic carbocycles. The molecule has 114 valence electrons. The molecule has 0 fully saturated rings.